The van der Waals surface area contributed by atoms with Crippen LogP contribution in [0.2, 0.25) is 0 Å². The highest BCUT2D eigenvalue weighted by atomic mass is 19.1. The van der Waals surface area contributed by atoms with Crippen LogP contribution in [0, 0.1) is 5.82 Å². The topological polar surface area (TPSA) is 70.7 Å². The summed E-state index contributed by atoms with van der Waals surface area (Å²) in [7, 11) is 1.52. The van der Waals surface area contributed by atoms with Crippen LogP contribution in [0.3, 0.4) is 0 Å². The standard InChI is InChI=1S/C22H24FN3O3/c1-24-22(28)29-18-12-17(13-18)25-21(27)26-11-10-14-4-2-3-5-19(14)20(26)15-6-8-16(23)9-7-15/h2-9,17-18,20H,10-13H2,1H3,(H,24,28)(H,25,27)/t17?,18?,20-/m0/s1. The van der Waals surface area contributed by atoms with Crippen molar-refractivity contribution in [3.8, 4) is 0 Å². The molecule has 0 unspecified atom stereocenters. The molecule has 2 aromatic carbocycles. The summed E-state index contributed by atoms with van der Waals surface area (Å²) in [6.45, 7) is 0.579. The first-order chi connectivity index (χ1) is 14.0. The Morgan fingerprint density at radius 3 is 2.55 bits per heavy atom. The number of nitrogens with zero attached hydrogens (tertiary/aromatic N) is 1. The van der Waals surface area contributed by atoms with Crippen LogP contribution in [0.5, 0.6) is 0 Å². The van der Waals surface area contributed by atoms with Gasteiger partial charge in [-0.2, -0.15) is 0 Å². The van der Waals surface area contributed by atoms with Crippen molar-refractivity contribution in [2.24, 2.45) is 0 Å². The molecule has 2 aromatic rings. The Morgan fingerprint density at radius 1 is 1.10 bits per heavy atom. The van der Waals surface area contributed by atoms with E-state index in [-0.39, 0.29) is 30.0 Å². The van der Waals surface area contributed by atoms with Crippen molar-refractivity contribution in [1.82, 2.24) is 15.5 Å². The van der Waals surface area contributed by atoms with Crippen molar-refractivity contribution in [1.29, 1.82) is 0 Å². The van der Waals surface area contributed by atoms with Crippen LogP contribution in [-0.4, -0.2) is 42.8 Å². The maximum atomic E-state index is 13.5. The second kappa shape index (κ2) is 8.11. The normalized spacial score (nSPS) is 22.8. The zero-order chi connectivity index (χ0) is 20.4. The fourth-order valence-corrected chi connectivity index (χ4v) is 4.04. The van der Waals surface area contributed by atoms with Crippen molar-refractivity contribution in [2.45, 2.75) is 37.5 Å². The number of urea groups is 1. The number of carbonyl (C=O) groups excluding carboxylic acids is 2. The van der Waals surface area contributed by atoms with E-state index >= 15 is 0 Å². The zero-order valence-corrected chi connectivity index (χ0v) is 16.2. The molecule has 4 rings (SSSR count). The molecule has 1 fully saturated rings. The van der Waals surface area contributed by atoms with Gasteiger partial charge in [0.2, 0.25) is 0 Å². The summed E-state index contributed by atoms with van der Waals surface area (Å²) in [5, 5.41) is 5.48. The molecule has 1 aliphatic carbocycles. The average Bonchev–Trinajstić information content (AvgIpc) is 2.71. The number of ether oxygens (including phenoxy) is 1. The van der Waals surface area contributed by atoms with E-state index in [1.807, 2.05) is 23.1 Å². The highest BCUT2D eigenvalue weighted by Gasteiger charge is 2.37. The molecule has 6 nitrogen and oxygen atoms in total. The van der Waals surface area contributed by atoms with E-state index in [0.29, 0.717) is 19.4 Å². The molecule has 1 atom stereocenters. The lowest BCUT2D eigenvalue weighted by molar-refractivity contribution is 0.0339. The third-order valence-corrected chi connectivity index (χ3v) is 5.63. The Bertz CT molecular complexity index is 896. The number of nitrogens with one attached hydrogen (secondary N) is 2. The van der Waals surface area contributed by atoms with Gasteiger partial charge in [-0.25, -0.2) is 14.0 Å². The van der Waals surface area contributed by atoms with E-state index in [2.05, 4.69) is 16.7 Å². The molecule has 0 radical (unpaired) electrons. The molecule has 2 N–H and O–H groups in total. The maximum Gasteiger partial charge on any atom is 0.407 e. The number of hydrogen-bond donors (Lipinski definition) is 2. The van der Waals surface area contributed by atoms with Gasteiger partial charge in [-0.15, -0.1) is 0 Å². The third-order valence-electron chi connectivity index (χ3n) is 5.63. The number of alkyl carbamates (subject to hydrolysis) is 1. The van der Waals surface area contributed by atoms with Gasteiger partial charge in [0, 0.05) is 32.5 Å². The zero-order valence-electron chi connectivity index (χ0n) is 16.2. The van der Waals surface area contributed by atoms with Crippen molar-refractivity contribution in [3.63, 3.8) is 0 Å². The summed E-state index contributed by atoms with van der Waals surface area (Å²) in [6.07, 6.45) is 1.35. The van der Waals surface area contributed by atoms with Gasteiger partial charge in [-0.05, 0) is 35.2 Å². The Hall–Kier alpha value is -3.09. The molecular formula is C22H24FN3O3. The smallest absolute Gasteiger partial charge is 0.407 e. The van der Waals surface area contributed by atoms with E-state index in [1.165, 1.54) is 24.7 Å². The summed E-state index contributed by atoms with van der Waals surface area (Å²) in [6, 6.07) is 13.9. The number of halogens is 1. The van der Waals surface area contributed by atoms with Gasteiger partial charge in [0.1, 0.15) is 11.9 Å². The Balaban J connectivity index is 1.49. The summed E-state index contributed by atoms with van der Waals surface area (Å²) in [5.41, 5.74) is 3.15. The molecule has 1 saturated carbocycles. The summed E-state index contributed by atoms with van der Waals surface area (Å²) in [4.78, 5) is 26.2. The van der Waals surface area contributed by atoms with Gasteiger partial charge in [0.15, 0.2) is 0 Å². The van der Waals surface area contributed by atoms with Crippen LogP contribution < -0.4 is 10.6 Å². The molecular weight excluding hydrogens is 373 g/mol. The maximum absolute atomic E-state index is 13.5. The van der Waals surface area contributed by atoms with E-state index < -0.39 is 6.09 Å². The largest absolute Gasteiger partial charge is 0.446 e. The van der Waals surface area contributed by atoms with Crippen molar-refractivity contribution < 1.29 is 18.7 Å². The van der Waals surface area contributed by atoms with E-state index in [9.17, 15) is 14.0 Å². The van der Waals surface area contributed by atoms with Gasteiger partial charge >= 0.3 is 12.1 Å². The molecule has 3 amide bonds. The molecule has 29 heavy (non-hydrogen) atoms. The van der Waals surface area contributed by atoms with E-state index in [0.717, 1.165) is 17.5 Å². The Morgan fingerprint density at radius 2 is 1.83 bits per heavy atom. The quantitative estimate of drug-likeness (QED) is 0.834. The Labute approximate surface area is 169 Å². The van der Waals surface area contributed by atoms with Gasteiger partial charge in [-0.1, -0.05) is 36.4 Å². The van der Waals surface area contributed by atoms with Gasteiger partial charge < -0.3 is 20.3 Å². The number of hydrogen-bond acceptors (Lipinski definition) is 3. The molecule has 1 heterocycles. The van der Waals surface area contributed by atoms with Crippen LogP contribution in [-0.2, 0) is 11.2 Å². The second-order valence-corrected chi connectivity index (χ2v) is 7.49. The summed E-state index contributed by atoms with van der Waals surface area (Å²) < 4.78 is 18.6. The van der Waals surface area contributed by atoms with Crippen molar-refractivity contribution in [2.75, 3.05) is 13.6 Å². The first-order valence-corrected chi connectivity index (χ1v) is 9.84. The Kier molecular flexibility index (Phi) is 5.38. The molecule has 0 aromatic heterocycles. The molecule has 0 spiro atoms. The molecule has 7 heteroatoms. The minimum absolute atomic E-state index is 0.0248. The molecule has 152 valence electrons. The molecule has 2 aliphatic rings. The lowest BCUT2D eigenvalue weighted by Crippen LogP contribution is -2.54. The number of carbonyl (C=O) groups is 2. The lowest BCUT2D eigenvalue weighted by atomic mass is 9.87. The highest BCUT2D eigenvalue weighted by molar-refractivity contribution is 5.76. The number of benzene rings is 2. The minimum Gasteiger partial charge on any atom is -0.446 e. The van der Waals surface area contributed by atoms with Gasteiger partial charge in [0.05, 0.1) is 6.04 Å². The second-order valence-electron chi connectivity index (χ2n) is 7.49. The monoisotopic (exact) mass is 397 g/mol. The van der Waals surface area contributed by atoms with Crippen LogP contribution in [0.25, 0.3) is 0 Å². The predicted octanol–water partition coefficient (Wildman–Crippen LogP) is 3.37. The highest BCUT2D eigenvalue weighted by Crippen LogP contribution is 2.35. The van der Waals surface area contributed by atoms with Crippen LogP contribution in [0.15, 0.2) is 48.5 Å². The van der Waals surface area contributed by atoms with Gasteiger partial charge in [0.25, 0.3) is 0 Å². The molecule has 0 bridgehead atoms. The van der Waals surface area contributed by atoms with Crippen molar-refractivity contribution >= 4 is 12.1 Å². The first-order valence-electron chi connectivity index (χ1n) is 9.84. The van der Waals surface area contributed by atoms with Gasteiger partial charge in [-0.3, -0.25) is 0 Å². The van der Waals surface area contributed by atoms with E-state index in [1.54, 1.807) is 12.1 Å². The fraction of sp³-hybridized carbons (Fsp3) is 0.364. The SMILES string of the molecule is CNC(=O)OC1CC(NC(=O)N2CCc3ccccc3[C@@H]2c2ccc(F)cc2)C1. The van der Waals surface area contributed by atoms with Crippen LogP contribution in [0.1, 0.15) is 35.6 Å². The lowest BCUT2D eigenvalue weighted by Gasteiger charge is -2.41. The number of amides is 3. The van der Waals surface area contributed by atoms with Crippen molar-refractivity contribution in [3.05, 3.63) is 71.0 Å². The molecule has 0 saturated heterocycles. The minimum atomic E-state index is -0.455. The molecule has 1 aliphatic heterocycles. The number of rotatable bonds is 3. The van der Waals surface area contributed by atoms with Crippen LogP contribution >= 0.6 is 0 Å². The summed E-state index contributed by atoms with van der Waals surface area (Å²) in [5.74, 6) is -0.300. The van der Waals surface area contributed by atoms with Crippen LogP contribution in [0.4, 0.5) is 14.0 Å². The fourth-order valence-electron chi connectivity index (χ4n) is 4.04. The number of fused-ring (bicyclic) bond motifs is 1. The summed E-state index contributed by atoms with van der Waals surface area (Å²) >= 11 is 0. The average molecular weight is 397 g/mol. The first kappa shape index (κ1) is 19.2. The predicted molar refractivity (Wildman–Crippen MR) is 106 cm³/mol. The van der Waals surface area contributed by atoms with E-state index in [4.69, 9.17) is 4.74 Å². The third kappa shape index (κ3) is 4.04.